The van der Waals surface area contributed by atoms with Crippen molar-refractivity contribution >= 4 is 28.8 Å². The Morgan fingerprint density at radius 3 is 2.45 bits per heavy atom. The maximum Gasteiger partial charge on any atom is 0.338 e. The summed E-state index contributed by atoms with van der Waals surface area (Å²) < 4.78 is 23.8. The fourth-order valence-corrected chi connectivity index (χ4v) is 4.39. The number of carbonyl (C=O) groups is 1. The Hall–Kier alpha value is -2.71. The van der Waals surface area contributed by atoms with Crippen LogP contribution < -0.4 is 9.47 Å². The lowest BCUT2D eigenvalue weighted by molar-refractivity contribution is 0.0526. The molecule has 0 aliphatic carbocycles. The lowest BCUT2D eigenvalue weighted by Gasteiger charge is -2.12. The van der Waals surface area contributed by atoms with Crippen molar-refractivity contribution in [1.29, 1.82) is 0 Å². The summed E-state index contributed by atoms with van der Waals surface area (Å²) in [7, 11) is 3.29. The van der Waals surface area contributed by atoms with Crippen LogP contribution in [0.3, 0.4) is 0 Å². The fraction of sp³-hybridized carbons (Fsp3) is 0.440. The van der Waals surface area contributed by atoms with Gasteiger partial charge in [-0.3, -0.25) is 0 Å². The van der Waals surface area contributed by atoms with Gasteiger partial charge in [0.05, 0.1) is 43.5 Å². The van der Waals surface area contributed by atoms with Crippen molar-refractivity contribution in [3.8, 4) is 11.5 Å². The van der Waals surface area contributed by atoms with Gasteiger partial charge in [0.2, 0.25) is 0 Å². The Morgan fingerprint density at radius 1 is 1.09 bits per heavy atom. The third kappa shape index (κ3) is 6.65. The highest BCUT2D eigenvalue weighted by Crippen LogP contribution is 2.31. The lowest BCUT2D eigenvalue weighted by atomic mass is 10.2. The van der Waals surface area contributed by atoms with Crippen LogP contribution in [0.15, 0.2) is 41.6 Å². The van der Waals surface area contributed by atoms with Gasteiger partial charge in [-0.25, -0.2) is 9.78 Å². The zero-order chi connectivity index (χ0) is 23.8. The Bertz CT molecular complexity index is 1060. The van der Waals surface area contributed by atoms with Gasteiger partial charge in [-0.2, -0.15) is 0 Å². The van der Waals surface area contributed by atoms with Crippen molar-refractivity contribution in [2.75, 3.05) is 27.4 Å². The lowest BCUT2D eigenvalue weighted by Crippen LogP contribution is -2.08. The van der Waals surface area contributed by atoms with E-state index >= 15 is 0 Å². The molecule has 0 unspecified atom stereocenters. The largest absolute Gasteiger partial charge is 0.497 e. The molecule has 0 spiro atoms. The predicted octanol–water partition coefficient (Wildman–Crippen LogP) is 5.34. The number of nitrogens with zero attached hydrogens (tertiary/aromatic N) is 2. The zero-order valence-corrected chi connectivity index (χ0v) is 20.7. The van der Waals surface area contributed by atoms with Gasteiger partial charge in [0, 0.05) is 25.0 Å². The van der Waals surface area contributed by atoms with Gasteiger partial charge in [-0.1, -0.05) is 11.8 Å². The number of thioether (sulfide) groups is 1. The molecular weight excluding hydrogens is 440 g/mol. The average molecular weight is 473 g/mol. The molecule has 8 heteroatoms. The molecule has 0 radical (unpaired) electrons. The summed E-state index contributed by atoms with van der Waals surface area (Å²) in [5.41, 5.74) is 3.34. The van der Waals surface area contributed by atoms with Crippen LogP contribution in [0.1, 0.15) is 43.1 Å². The molecule has 178 valence electrons. The summed E-state index contributed by atoms with van der Waals surface area (Å²) in [6.07, 6.45) is 1.07. The van der Waals surface area contributed by atoms with Gasteiger partial charge in [0.25, 0.3) is 0 Å². The summed E-state index contributed by atoms with van der Waals surface area (Å²) in [4.78, 5) is 17.0. The molecule has 0 aliphatic rings. The SMILES string of the molecule is CCOC(=O)c1ccc2c(c1)nc(SCc1cc(OC)cc(OC)c1)n2CCCOC(C)C. The second-order valence-electron chi connectivity index (χ2n) is 7.75. The number of ether oxygens (including phenoxy) is 4. The first-order chi connectivity index (χ1) is 15.9. The minimum absolute atomic E-state index is 0.202. The third-order valence-electron chi connectivity index (χ3n) is 4.98. The molecule has 2 aromatic carbocycles. The van der Waals surface area contributed by atoms with Gasteiger partial charge < -0.3 is 23.5 Å². The fourth-order valence-electron chi connectivity index (χ4n) is 3.41. The van der Waals surface area contributed by atoms with Crippen LogP contribution in [0.25, 0.3) is 11.0 Å². The summed E-state index contributed by atoms with van der Waals surface area (Å²) in [6.45, 7) is 7.65. The monoisotopic (exact) mass is 472 g/mol. The number of aryl methyl sites for hydroxylation is 1. The van der Waals surface area contributed by atoms with Gasteiger partial charge >= 0.3 is 5.97 Å². The molecule has 0 N–H and O–H groups in total. The van der Waals surface area contributed by atoms with Crippen molar-refractivity contribution in [2.24, 2.45) is 0 Å². The van der Waals surface area contributed by atoms with Crippen LogP contribution in [0.2, 0.25) is 0 Å². The van der Waals surface area contributed by atoms with Crippen molar-refractivity contribution < 1.29 is 23.7 Å². The summed E-state index contributed by atoms with van der Waals surface area (Å²) >= 11 is 1.64. The molecule has 0 atom stereocenters. The van der Waals surface area contributed by atoms with Crippen LogP contribution in [-0.2, 0) is 21.8 Å². The number of fused-ring (bicyclic) bond motifs is 1. The molecule has 1 aromatic heterocycles. The number of aromatic nitrogens is 2. The molecule has 0 saturated heterocycles. The van der Waals surface area contributed by atoms with Crippen molar-refractivity contribution in [3.05, 3.63) is 47.5 Å². The first-order valence-electron chi connectivity index (χ1n) is 11.1. The van der Waals surface area contributed by atoms with Gasteiger partial charge in [-0.05, 0) is 63.1 Å². The van der Waals surface area contributed by atoms with E-state index in [0.29, 0.717) is 24.5 Å². The quantitative estimate of drug-likeness (QED) is 0.200. The maximum atomic E-state index is 12.2. The smallest absolute Gasteiger partial charge is 0.338 e. The third-order valence-corrected chi connectivity index (χ3v) is 6.03. The maximum absolute atomic E-state index is 12.2. The molecule has 0 amide bonds. The second kappa shape index (κ2) is 12.0. The summed E-state index contributed by atoms with van der Waals surface area (Å²) in [5, 5.41) is 0.886. The molecule has 3 aromatic rings. The van der Waals surface area contributed by atoms with Crippen molar-refractivity contribution in [3.63, 3.8) is 0 Å². The summed E-state index contributed by atoms with van der Waals surface area (Å²) in [5.74, 6) is 1.87. The predicted molar refractivity (Wildman–Crippen MR) is 131 cm³/mol. The van der Waals surface area contributed by atoms with Crippen LogP contribution in [0.5, 0.6) is 11.5 Å². The Kier molecular flexibility index (Phi) is 9.03. The van der Waals surface area contributed by atoms with E-state index in [1.54, 1.807) is 45.0 Å². The van der Waals surface area contributed by atoms with E-state index < -0.39 is 0 Å². The number of hydrogen-bond donors (Lipinski definition) is 0. The Morgan fingerprint density at radius 2 is 1.82 bits per heavy atom. The van der Waals surface area contributed by atoms with E-state index in [-0.39, 0.29) is 12.1 Å². The molecule has 0 bridgehead atoms. The molecule has 0 fully saturated rings. The van der Waals surface area contributed by atoms with Crippen LogP contribution in [0, 0.1) is 0 Å². The van der Waals surface area contributed by atoms with E-state index in [1.165, 1.54) is 0 Å². The molecule has 0 saturated carbocycles. The molecule has 1 heterocycles. The number of imidazole rings is 1. The highest BCUT2D eigenvalue weighted by atomic mass is 32.2. The number of hydrogen-bond acceptors (Lipinski definition) is 7. The second-order valence-corrected chi connectivity index (χ2v) is 8.70. The van der Waals surface area contributed by atoms with E-state index in [0.717, 1.165) is 46.2 Å². The molecule has 7 nitrogen and oxygen atoms in total. The van der Waals surface area contributed by atoms with Crippen LogP contribution in [-0.4, -0.2) is 49.1 Å². The molecule has 0 aliphatic heterocycles. The average Bonchev–Trinajstić information content (AvgIpc) is 3.16. The van der Waals surface area contributed by atoms with Crippen molar-refractivity contribution in [1.82, 2.24) is 9.55 Å². The topological polar surface area (TPSA) is 71.8 Å². The number of carbonyl (C=O) groups excluding carboxylic acids is 1. The number of methoxy groups -OCH3 is 2. The van der Waals surface area contributed by atoms with Crippen molar-refractivity contribution in [2.45, 2.75) is 50.8 Å². The molecular formula is C25H32N2O5S. The van der Waals surface area contributed by atoms with Gasteiger partial charge in [0.15, 0.2) is 5.16 Å². The Balaban J connectivity index is 1.87. The minimum Gasteiger partial charge on any atom is -0.497 e. The van der Waals surface area contributed by atoms with Crippen LogP contribution >= 0.6 is 11.8 Å². The van der Waals surface area contributed by atoms with E-state index in [4.69, 9.17) is 23.9 Å². The number of esters is 1. The highest BCUT2D eigenvalue weighted by molar-refractivity contribution is 7.98. The minimum atomic E-state index is -0.336. The first-order valence-corrected chi connectivity index (χ1v) is 12.1. The van der Waals surface area contributed by atoms with Gasteiger partial charge in [0.1, 0.15) is 11.5 Å². The highest BCUT2D eigenvalue weighted by Gasteiger charge is 2.15. The van der Waals surface area contributed by atoms with E-state index in [9.17, 15) is 4.79 Å². The van der Waals surface area contributed by atoms with Gasteiger partial charge in [-0.15, -0.1) is 0 Å². The van der Waals surface area contributed by atoms with Crippen LogP contribution in [0.4, 0.5) is 0 Å². The van der Waals surface area contributed by atoms with E-state index in [2.05, 4.69) is 4.57 Å². The first kappa shape index (κ1) is 24.9. The van der Waals surface area contributed by atoms with E-state index in [1.807, 2.05) is 38.1 Å². The molecule has 33 heavy (non-hydrogen) atoms. The normalized spacial score (nSPS) is 11.2. The molecule has 3 rings (SSSR count). The number of benzene rings is 2. The zero-order valence-electron chi connectivity index (χ0n) is 19.9. The summed E-state index contributed by atoms with van der Waals surface area (Å²) in [6, 6.07) is 11.4. The Labute approximate surface area is 199 Å². The standard InChI is InChI=1S/C25H32N2O5S/c1-6-31-24(28)19-8-9-23-22(14-19)26-25(27(23)10-7-11-32-17(2)3)33-16-18-12-20(29-4)15-21(13-18)30-5/h8-9,12-15,17H,6-7,10-11,16H2,1-5H3. The number of rotatable bonds is 12.